The second kappa shape index (κ2) is 14.8. The largest absolute Gasteiger partial charge is 0.491 e. The van der Waals surface area contributed by atoms with E-state index in [1.54, 1.807) is 0 Å². The molecule has 0 aliphatic carbocycles. The summed E-state index contributed by atoms with van der Waals surface area (Å²) in [6, 6.07) is 8.86. The molecule has 6 nitrogen and oxygen atoms in total. The van der Waals surface area contributed by atoms with Crippen molar-refractivity contribution < 1.29 is 18.9 Å². The van der Waals surface area contributed by atoms with Crippen LogP contribution in [0.25, 0.3) is 0 Å². The van der Waals surface area contributed by atoms with E-state index in [1.165, 1.54) is 0 Å². The van der Waals surface area contributed by atoms with E-state index >= 15 is 0 Å². The molecule has 0 amide bonds. The summed E-state index contributed by atoms with van der Waals surface area (Å²) in [6.45, 7) is 13.5. The van der Waals surface area contributed by atoms with Crippen molar-refractivity contribution in [3.05, 3.63) is 24.3 Å². The van der Waals surface area contributed by atoms with Gasteiger partial charge in [0.05, 0.1) is 39.6 Å². The highest BCUT2D eigenvalue weighted by Crippen LogP contribution is 2.17. The summed E-state index contributed by atoms with van der Waals surface area (Å²) in [5, 5.41) is 6.65. The van der Waals surface area contributed by atoms with Crippen molar-refractivity contribution in [3.8, 4) is 5.75 Å². The van der Waals surface area contributed by atoms with Gasteiger partial charge in [0.15, 0.2) is 0 Å². The summed E-state index contributed by atoms with van der Waals surface area (Å²) < 4.78 is 22.1. The van der Waals surface area contributed by atoms with Gasteiger partial charge in [-0.2, -0.15) is 0 Å². The summed E-state index contributed by atoms with van der Waals surface area (Å²) in [7, 11) is 0. The fourth-order valence-electron chi connectivity index (χ4n) is 2.19. The van der Waals surface area contributed by atoms with Gasteiger partial charge in [-0.25, -0.2) is 0 Å². The molecule has 1 aromatic rings. The molecule has 0 spiro atoms. The maximum atomic E-state index is 5.70. The molecule has 0 heterocycles. The molecule has 0 fully saturated rings. The van der Waals surface area contributed by atoms with Crippen LogP contribution in [0.2, 0.25) is 0 Å². The highest BCUT2D eigenvalue weighted by molar-refractivity contribution is 5.48. The van der Waals surface area contributed by atoms with Gasteiger partial charge in [-0.3, -0.25) is 0 Å². The normalized spacial score (nSPS) is 11.3. The standard InChI is InChI=1S/C20H36N2O4/c1-17(2)21-8-9-23-10-11-24-12-13-25-14-15-26-20-7-5-6-19(16-20)22-18(3)4/h5-7,16-18,21-22H,8-15H2,1-4H3. The first kappa shape index (κ1) is 22.7. The van der Waals surface area contributed by atoms with Crippen molar-refractivity contribution in [1.82, 2.24) is 5.32 Å². The number of hydrogen-bond donors (Lipinski definition) is 2. The molecule has 0 aliphatic rings. The zero-order chi connectivity index (χ0) is 19.0. The van der Waals surface area contributed by atoms with Crippen LogP contribution in [-0.2, 0) is 14.2 Å². The zero-order valence-electron chi connectivity index (χ0n) is 16.8. The van der Waals surface area contributed by atoms with Gasteiger partial charge in [-0.05, 0) is 26.0 Å². The van der Waals surface area contributed by atoms with Crippen molar-refractivity contribution in [3.63, 3.8) is 0 Å². The average Bonchev–Trinajstić information content (AvgIpc) is 2.58. The van der Waals surface area contributed by atoms with Crippen LogP contribution < -0.4 is 15.4 Å². The molecule has 0 atom stereocenters. The Kier molecular flexibility index (Phi) is 12.9. The van der Waals surface area contributed by atoms with Crippen molar-refractivity contribution in [2.45, 2.75) is 39.8 Å². The number of nitrogens with one attached hydrogen (secondary N) is 2. The zero-order valence-corrected chi connectivity index (χ0v) is 16.8. The maximum Gasteiger partial charge on any atom is 0.121 e. The van der Waals surface area contributed by atoms with E-state index in [0.29, 0.717) is 58.3 Å². The Balaban J connectivity index is 1.90. The van der Waals surface area contributed by atoms with Gasteiger partial charge >= 0.3 is 0 Å². The van der Waals surface area contributed by atoms with Crippen LogP contribution in [0.5, 0.6) is 5.75 Å². The van der Waals surface area contributed by atoms with Crippen molar-refractivity contribution in [1.29, 1.82) is 0 Å². The number of benzene rings is 1. The van der Waals surface area contributed by atoms with E-state index in [0.717, 1.165) is 18.0 Å². The molecular weight excluding hydrogens is 332 g/mol. The molecule has 0 bridgehead atoms. The van der Waals surface area contributed by atoms with Crippen molar-refractivity contribution in [2.75, 3.05) is 58.1 Å². The van der Waals surface area contributed by atoms with Gasteiger partial charge in [0.25, 0.3) is 0 Å². The van der Waals surface area contributed by atoms with E-state index in [9.17, 15) is 0 Å². The second-order valence-corrected chi connectivity index (χ2v) is 6.62. The van der Waals surface area contributed by atoms with E-state index in [2.05, 4.69) is 38.3 Å². The first-order chi connectivity index (χ1) is 12.6. The summed E-state index contributed by atoms with van der Waals surface area (Å²) >= 11 is 0. The lowest BCUT2D eigenvalue weighted by Crippen LogP contribution is -2.27. The molecule has 0 saturated carbocycles. The molecule has 150 valence electrons. The van der Waals surface area contributed by atoms with Crippen LogP contribution in [0, 0.1) is 0 Å². The van der Waals surface area contributed by atoms with Gasteiger partial charge < -0.3 is 29.6 Å². The van der Waals surface area contributed by atoms with Crippen molar-refractivity contribution in [2.24, 2.45) is 0 Å². The Hall–Kier alpha value is -1.34. The Labute approximate surface area is 158 Å². The maximum absolute atomic E-state index is 5.70. The monoisotopic (exact) mass is 368 g/mol. The SMILES string of the molecule is CC(C)NCCOCCOCCOCCOc1cccc(NC(C)C)c1. The molecule has 0 radical (unpaired) electrons. The first-order valence-corrected chi connectivity index (χ1v) is 9.54. The Bertz CT molecular complexity index is 455. The number of hydrogen-bond acceptors (Lipinski definition) is 6. The van der Waals surface area contributed by atoms with Crippen LogP contribution in [0.3, 0.4) is 0 Å². The van der Waals surface area contributed by atoms with E-state index in [4.69, 9.17) is 18.9 Å². The molecule has 0 unspecified atom stereocenters. The van der Waals surface area contributed by atoms with Crippen LogP contribution in [0.4, 0.5) is 5.69 Å². The summed E-state index contributed by atoms with van der Waals surface area (Å²) in [5.74, 6) is 0.847. The topological polar surface area (TPSA) is 61.0 Å². The van der Waals surface area contributed by atoms with Crippen LogP contribution in [0.15, 0.2) is 24.3 Å². The van der Waals surface area contributed by atoms with Crippen LogP contribution in [-0.4, -0.2) is 64.9 Å². The summed E-state index contributed by atoms with van der Waals surface area (Å²) in [6.07, 6.45) is 0. The molecule has 26 heavy (non-hydrogen) atoms. The molecule has 2 N–H and O–H groups in total. The fraction of sp³-hybridized carbons (Fsp3) is 0.700. The first-order valence-electron chi connectivity index (χ1n) is 9.54. The van der Waals surface area contributed by atoms with Crippen LogP contribution in [0.1, 0.15) is 27.7 Å². The molecule has 0 aliphatic heterocycles. The fourth-order valence-corrected chi connectivity index (χ4v) is 2.19. The van der Waals surface area contributed by atoms with Gasteiger partial charge in [0, 0.05) is 30.4 Å². The molecule has 1 aromatic carbocycles. The van der Waals surface area contributed by atoms with Crippen LogP contribution >= 0.6 is 0 Å². The Morgan fingerprint density at radius 3 is 2.00 bits per heavy atom. The molecule has 0 saturated heterocycles. The lowest BCUT2D eigenvalue weighted by molar-refractivity contribution is 0.00971. The van der Waals surface area contributed by atoms with Gasteiger partial charge in [0.1, 0.15) is 12.4 Å². The van der Waals surface area contributed by atoms with Crippen molar-refractivity contribution >= 4 is 5.69 Å². The smallest absolute Gasteiger partial charge is 0.121 e. The predicted molar refractivity (Wildman–Crippen MR) is 106 cm³/mol. The average molecular weight is 369 g/mol. The van der Waals surface area contributed by atoms with E-state index < -0.39 is 0 Å². The molecular formula is C20H36N2O4. The summed E-state index contributed by atoms with van der Waals surface area (Å²) in [4.78, 5) is 0. The minimum absolute atomic E-state index is 0.399. The number of anilines is 1. The van der Waals surface area contributed by atoms with E-state index in [-0.39, 0.29) is 0 Å². The lowest BCUT2D eigenvalue weighted by Gasteiger charge is -2.12. The number of ether oxygens (including phenoxy) is 4. The molecule has 6 heteroatoms. The molecule has 1 rings (SSSR count). The van der Waals surface area contributed by atoms with Gasteiger partial charge in [-0.1, -0.05) is 19.9 Å². The Morgan fingerprint density at radius 1 is 0.769 bits per heavy atom. The summed E-state index contributed by atoms with van der Waals surface area (Å²) in [5.41, 5.74) is 1.06. The highest BCUT2D eigenvalue weighted by atomic mass is 16.6. The minimum atomic E-state index is 0.399. The predicted octanol–water partition coefficient (Wildman–Crippen LogP) is 2.93. The minimum Gasteiger partial charge on any atom is -0.491 e. The third-order valence-corrected chi connectivity index (χ3v) is 3.33. The second-order valence-electron chi connectivity index (χ2n) is 6.62. The van der Waals surface area contributed by atoms with E-state index in [1.807, 2.05) is 24.3 Å². The van der Waals surface area contributed by atoms with Gasteiger partial charge in [0.2, 0.25) is 0 Å². The lowest BCUT2D eigenvalue weighted by atomic mass is 10.2. The quantitative estimate of drug-likeness (QED) is 0.438. The van der Waals surface area contributed by atoms with Gasteiger partial charge in [-0.15, -0.1) is 0 Å². The number of rotatable bonds is 16. The molecule has 0 aromatic heterocycles. The third kappa shape index (κ3) is 12.9. The third-order valence-electron chi connectivity index (χ3n) is 3.33. The Morgan fingerprint density at radius 2 is 1.38 bits per heavy atom. The highest BCUT2D eigenvalue weighted by Gasteiger charge is 1.99.